The molecule has 0 spiro atoms. The van der Waals surface area contributed by atoms with Gasteiger partial charge in [-0.2, -0.15) is 0 Å². The fraction of sp³-hybridized carbons (Fsp3) is 0.786. The third kappa shape index (κ3) is 13.3. The van der Waals surface area contributed by atoms with Gasteiger partial charge in [0.1, 0.15) is 5.78 Å². The van der Waals surface area contributed by atoms with Gasteiger partial charge >= 0.3 is 5.97 Å². The maximum absolute atomic E-state index is 11.5. The average molecular weight is 301 g/mol. The Hall–Kier alpha value is -1.17. The monoisotopic (exact) mass is 301 g/mol. The number of nitrogens with one attached hydrogen (secondary N) is 1. The van der Waals surface area contributed by atoms with E-state index in [1.165, 1.54) is 0 Å². The van der Waals surface area contributed by atoms with Crippen molar-refractivity contribution in [3.8, 4) is 0 Å². The molecule has 1 N–H and O–H groups in total. The SMILES string of the molecule is C[Si](C)(C)CCOC(=O)CCCC(=O)CCCNC=O. The van der Waals surface area contributed by atoms with E-state index in [1.54, 1.807) is 0 Å². The molecule has 0 radical (unpaired) electrons. The van der Waals surface area contributed by atoms with E-state index in [-0.39, 0.29) is 11.8 Å². The topological polar surface area (TPSA) is 72.5 Å². The summed E-state index contributed by atoms with van der Waals surface area (Å²) in [6.07, 6.45) is 2.99. The molecular formula is C14H27NO4Si. The van der Waals surface area contributed by atoms with Gasteiger partial charge in [0, 0.05) is 33.9 Å². The van der Waals surface area contributed by atoms with E-state index in [1.807, 2.05) is 0 Å². The summed E-state index contributed by atoms with van der Waals surface area (Å²) in [5.74, 6) is -0.0775. The number of esters is 1. The fourth-order valence-corrected chi connectivity index (χ4v) is 2.26. The molecule has 0 saturated heterocycles. The zero-order valence-electron chi connectivity index (χ0n) is 12.9. The first-order valence-corrected chi connectivity index (χ1v) is 10.9. The molecule has 20 heavy (non-hydrogen) atoms. The van der Waals surface area contributed by atoms with Crippen molar-refractivity contribution < 1.29 is 19.1 Å². The molecule has 5 nitrogen and oxygen atoms in total. The summed E-state index contributed by atoms with van der Waals surface area (Å²) < 4.78 is 5.15. The first-order chi connectivity index (χ1) is 9.35. The van der Waals surface area contributed by atoms with Gasteiger partial charge in [-0.25, -0.2) is 0 Å². The lowest BCUT2D eigenvalue weighted by Crippen LogP contribution is -2.22. The number of carbonyl (C=O) groups is 3. The van der Waals surface area contributed by atoms with Crippen LogP contribution >= 0.6 is 0 Å². The second-order valence-corrected chi connectivity index (χ2v) is 11.7. The number of hydrogen-bond donors (Lipinski definition) is 1. The molecule has 0 aromatic rings. The molecule has 0 saturated carbocycles. The van der Waals surface area contributed by atoms with Crippen LogP contribution in [0.2, 0.25) is 25.7 Å². The standard InChI is InChI=1S/C14H27NO4Si/c1-20(2,3)11-10-19-14(18)8-4-6-13(17)7-5-9-15-12-16/h12H,4-11H2,1-3H3,(H,15,16). The van der Waals surface area contributed by atoms with Crippen molar-refractivity contribution in [2.75, 3.05) is 13.2 Å². The summed E-state index contributed by atoms with van der Waals surface area (Å²) in [7, 11) is -1.16. The van der Waals surface area contributed by atoms with Crippen molar-refractivity contribution >= 4 is 26.2 Å². The van der Waals surface area contributed by atoms with Crippen LogP contribution in [0.25, 0.3) is 0 Å². The van der Waals surface area contributed by atoms with Crippen LogP contribution in [0.15, 0.2) is 0 Å². The number of Topliss-reactive ketones (excluding diaryl/α,β-unsaturated/α-hetero) is 1. The number of ketones is 1. The molecule has 0 bridgehead atoms. The van der Waals surface area contributed by atoms with E-state index in [4.69, 9.17) is 4.74 Å². The van der Waals surface area contributed by atoms with Crippen molar-refractivity contribution in [2.45, 2.75) is 57.8 Å². The Morgan fingerprint density at radius 2 is 1.75 bits per heavy atom. The predicted octanol–water partition coefficient (Wildman–Crippen LogP) is 2.13. The molecule has 0 fully saturated rings. The molecule has 116 valence electrons. The molecule has 0 heterocycles. The highest BCUT2D eigenvalue weighted by Gasteiger charge is 2.14. The van der Waals surface area contributed by atoms with Crippen molar-refractivity contribution in [1.29, 1.82) is 0 Å². The molecule has 6 heteroatoms. The van der Waals surface area contributed by atoms with Crippen molar-refractivity contribution in [3.05, 3.63) is 0 Å². The Bertz CT molecular complexity index is 313. The van der Waals surface area contributed by atoms with Crippen LogP contribution in [0.4, 0.5) is 0 Å². The van der Waals surface area contributed by atoms with Gasteiger partial charge in [0.2, 0.25) is 6.41 Å². The lowest BCUT2D eigenvalue weighted by molar-refractivity contribution is -0.143. The second-order valence-electron chi connectivity index (χ2n) is 6.10. The third-order valence-electron chi connectivity index (χ3n) is 2.81. The Balaban J connectivity index is 3.51. The minimum absolute atomic E-state index is 0.132. The lowest BCUT2D eigenvalue weighted by atomic mass is 10.1. The molecule has 0 aromatic carbocycles. The summed E-state index contributed by atoms with van der Waals surface area (Å²) in [5, 5.41) is 2.51. The lowest BCUT2D eigenvalue weighted by Gasteiger charge is -2.15. The molecule has 0 rings (SSSR count). The second kappa shape index (κ2) is 10.6. The summed E-state index contributed by atoms with van der Waals surface area (Å²) in [4.78, 5) is 32.9. The zero-order valence-corrected chi connectivity index (χ0v) is 13.9. The molecule has 0 atom stereocenters. The van der Waals surface area contributed by atoms with Crippen molar-refractivity contribution in [2.24, 2.45) is 0 Å². The van der Waals surface area contributed by atoms with Gasteiger partial charge in [-0.15, -0.1) is 0 Å². The highest BCUT2D eigenvalue weighted by Crippen LogP contribution is 2.08. The Morgan fingerprint density at radius 1 is 1.10 bits per heavy atom. The Labute approximate surface area is 122 Å². The minimum atomic E-state index is -1.16. The maximum Gasteiger partial charge on any atom is 0.305 e. The fourth-order valence-electron chi connectivity index (χ4n) is 1.54. The van der Waals surface area contributed by atoms with E-state index >= 15 is 0 Å². The molecule has 0 aliphatic rings. The first-order valence-electron chi connectivity index (χ1n) is 7.19. The summed E-state index contributed by atoms with van der Waals surface area (Å²) in [6.45, 7) is 7.73. The number of carbonyl (C=O) groups excluding carboxylic acids is 3. The molecule has 0 aliphatic heterocycles. The van der Waals surface area contributed by atoms with Crippen LogP contribution in [0.1, 0.15) is 32.1 Å². The van der Waals surface area contributed by atoms with Crippen LogP contribution in [0.3, 0.4) is 0 Å². The minimum Gasteiger partial charge on any atom is -0.466 e. The van der Waals surface area contributed by atoms with E-state index in [9.17, 15) is 14.4 Å². The highest BCUT2D eigenvalue weighted by atomic mass is 28.3. The summed E-state index contributed by atoms with van der Waals surface area (Å²) in [6, 6.07) is 0.974. The van der Waals surface area contributed by atoms with Gasteiger partial charge in [0.25, 0.3) is 0 Å². The number of amides is 1. The first kappa shape index (κ1) is 18.8. The van der Waals surface area contributed by atoms with Crippen molar-refractivity contribution in [3.63, 3.8) is 0 Å². The van der Waals surface area contributed by atoms with Crippen molar-refractivity contribution in [1.82, 2.24) is 5.32 Å². The van der Waals surface area contributed by atoms with Gasteiger partial charge in [-0.05, 0) is 18.9 Å². The van der Waals surface area contributed by atoms with Gasteiger partial charge in [0.05, 0.1) is 6.61 Å². The van der Waals surface area contributed by atoms with Crippen LogP contribution in [0.5, 0.6) is 0 Å². The number of rotatable bonds is 12. The largest absolute Gasteiger partial charge is 0.466 e. The maximum atomic E-state index is 11.5. The van der Waals surface area contributed by atoms with Gasteiger partial charge in [-0.3, -0.25) is 14.4 Å². The zero-order chi connectivity index (χ0) is 15.4. The molecule has 1 amide bonds. The normalized spacial score (nSPS) is 10.9. The van der Waals surface area contributed by atoms with E-state index < -0.39 is 8.07 Å². The Morgan fingerprint density at radius 3 is 2.35 bits per heavy atom. The van der Waals surface area contributed by atoms with E-state index in [0.717, 1.165) is 6.04 Å². The van der Waals surface area contributed by atoms with Gasteiger partial charge in [0.15, 0.2) is 0 Å². The smallest absolute Gasteiger partial charge is 0.305 e. The quantitative estimate of drug-likeness (QED) is 0.259. The van der Waals surface area contributed by atoms with Crippen LogP contribution in [-0.4, -0.2) is 39.4 Å². The molecule has 0 aliphatic carbocycles. The van der Waals surface area contributed by atoms with E-state index in [2.05, 4.69) is 25.0 Å². The summed E-state index contributed by atoms with van der Waals surface area (Å²) >= 11 is 0. The van der Waals surface area contributed by atoms with Crippen LogP contribution < -0.4 is 5.32 Å². The highest BCUT2D eigenvalue weighted by molar-refractivity contribution is 6.76. The average Bonchev–Trinajstić information content (AvgIpc) is 2.33. The van der Waals surface area contributed by atoms with Crippen LogP contribution in [-0.2, 0) is 19.1 Å². The Kier molecular flexibility index (Phi) is 9.97. The number of hydrogen-bond acceptors (Lipinski definition) is 4. The predicted molar refractivity (Wildman–Crippen MR) is 81.3 cm³/mol. The molecular weight excluding hydrogens is 274 g/mol. The summed E-state index contributed by atoms with van der Waals surface area (Å²) in [5.41, 5.74) is 0. The van der Waals surface area contributed by atoms with Gasteiger partial charge < -0.3 is 10.1 Å². The van der Waals surface area contributed by atoms with Gasteiger partial charge in [-0.1, -0.05) is 19.6 Å². The molecule has 0 aromatic heterocycles. The van der Waals surface area contributed by atoms with Crippen LogP contribution in [0, 0.1) is 0 Å². The molecule has 0 unspecified atom stereocenters. The number of ether oxygens (including phenoxy) is 1. The third-order valence-corrected chi connectivity index (χ3v) is 4.52. The van der Waals surface area contributed by atoms with E-state index in [0.29, 0.717) is 51.7 Å².